The predicted molar refractivity (Wildman–Crippen MR) is 120 cm³/mol. The number of nitrogens with zero attached hydrogens (tertiary/aromatic N) is 1. The second-order valence-electron chi connectivity index (χ2n) is 10.3. The standard InChI is InChI=1S/C26H31NO4/c1-24(2,3)20-9-7-8-10-21(20)27-22(17-11-13-19(30-6)14-12-17)26(23(27)29)16-18(28)15-25(4,5)31-26/h7-14,22H,15-16H2,1-6H3/t22-,26+/m0/s1. The largest absolute Gasteiger partial charge is 0.497 e. The summed E-state index contributed by atoms with van der Waals surface area (Å²) in [6.45, 7) is 10.2. The van der Waals surface area contributed by atoms with Crippen LogP contribution < -0.4 is 9.64 Å². The first kappa shape index (κ1) is 21.6. The Morgan fingerprint density at radius 2 is 1.65 bits per heavy atom. The van der Waals surface area contributed by atoms with Gasteiger partial charge in [0, 0.05) is 18.5 Å². The first-order valence-corrected chi connectivity index (χ1v) is 10.8. The number of benzene rings is 2. The van der Waals surface area contributed by atoms with Crippen LogP contribution in [0.1, 0.15) is 64.6 Å². The predicted octanol–water partition coefficient (Wildman–Crippen LogP) is 4.98. The number of Topliss-reactive ketones (excluding diaryl/α,β-unsaturated/α-hetero) is 1. The molecule has 2 saturated heterocycles. The average molecular weight is 422 g/mol. The lowest BCUT2D eigenvalue weighted by Crippen LogP contribution is -2.74. The van der Waals surface area contributed by atoms with Gasteiger partial charge in [-0.15, -0.1) is 0 Å². The molecule has 2 aromatic carbocycles. The summed E-state index contributed by atoms with van der Waals surface area (Å²) >= 11 is 0. The van der Waals surface area contributed by atoms with Gasteiger partial charge in [-0.25, -0.2) is 0 Å². The number of amides is 1. The molecule has 2 aliphatic heterocycles. The lowest BCUT2D eigenvalue weighted by Gasteiger charge is -2.59. The Labute approximate surface area is 184 Å². The third-order valence-electron chi connectivity index (χ3n) is 6.22. The minimum absolute atomic E-state index is 0.0619. The second kappa shape index (κ2) is 7.20. The quantitative estimate of drug-likeness (QED) is 0.656. The summed E-state index contributed by atoms with van der Waals surface area (Å²) in [5, 5.41) is 0. The van der Waals surface area contributed by atoms with E-state index < -0.39 is 17.2 Å². The van der Waals surface area contributed by atoms with Crippen LogP contribution >= 0.6 is 0 Å². The van der Waals surface area contributed by atoms with Crippen molar-refractivity contribution < 1.29 is 19.1 Å². The fourth-order valence-electron chi connectivity index (χ4n) is 5.02. The highest BCUT2D eigenvalue weighted by Gasteiger charge is 2.67. The number of methoxy groups -OCH3 is 1. The molecule has 2 aromatic rings. The Morgan fingerprint density at radius 1 is 1.00 bits per heavy atom. The molecule has 164 valence electrons. The molecular formula is C26H31NO4. The number of ether oxygens (including phenoxy) is 2. The van der Waals surface area contributed by atoms with E-state index in [4.69, 9.17) is 9.47 Å². The number of β-lactam (4-membered cyclic amide) rings is 1. The highest BCUT2D eigenvalue weighted by Crippen LogP contribution is 2.55. The molecular weight excluding hydrogens is 390 g/mol. The van der Waals surface area contributed by atoms with E-state index >= 15 is 0 Å². The van der Waals surface area contributed by atoms with Gasteiger partial charge in [0.05, 0.1) is 12.7 Å². The smallest absolute Gasteiger partial charge is 0.262 e. The lowest BCUT2D eigenvalue weighted by atomic mass is 9.70. The normalized spacial score (nSPS) is 25.5. The van der Waals surface area contributed by atoms with Crippen LogP contribution in [0.15, 0.2) is 48.5 Å². The Bertz CT molecular complexity index is 1020. The number of anilines is 1. The first-order chi connectivity index (χ1) is 14.5. The third-order valence-corrected chi connectivity index (χ3v) is 6.22. The van der Waals surface area contributed by atoms with Crippen LogP contribution in [0.25, 0.3) is 0 Å². The Morgan fingerprint density at radius 3 is 2.23 bits per heavy atom. The van der Waals surface area contributed by atoms with Crippen LogP contribution in [0, 0.1) is 0 Å². The maximum Gasteiger partial charge on any atom is 0.262 e. The molecule has 2 atom stereocenters. The van der Waals surface area contributed by atoms with Crippen LogP contribution in [0.4, 0.5) is 5.69 Å². The van der Waals surface area contributed by atoms with Gasteiger partial charge in [0.25, 0.3) is 5.91 Å². The SMILES string of the molecule is COc1ccc([C@@H]2N(c3ccccc3C(C)(C)C)C(=O)[C@@]23CC(=O)CC(C)(C)O3)cc1. The van der Waals surface area contributed by atoms with Crippen molar-refractivity contribution in [3.8, 4) is 5.75 Å². The molecule has 0 aliphatic carbocycles. The Hall–Kier alpha value is -2.66. The van der Waals surface area contributed by atoms with E-state index in [9.17, 15) is 9.59 Å². The second-order valence-corrected chi connectivity index (χ2v) is 10.3. The van der Waals surface area contributed by atoms with Crippen LogP contribution in [0.3, 0.4) is 0 Å². The minimum atomic E-state index is -1.18. The summed E-state index contributed by atoms with van der Waals surface area (Å²) in [6, 6.07) is 15.3. The molecule has 31 heavy (non-hydrogen) atoms. The zero-order valence-corrected chi connectivity index (χ0v) is 19.2. The highest BCUT2D eigenvalue weighted by atomic mass is 16.5. The molecule has 2 fully saturated rings. The van der Waals surface area contributed by atoms with Crippen molar-refractivity contribution in [1.82, 2.24) is 0 Å². The lowest BCUT2D eigenvalue weighted by molar-refractivity contribution is -0.210. The Kier molecular flexibility index (Phi) is 5.01. The summed E-state index contributed by atoms with van der Waals surface area (Å²) < 4.78 is 11.8. The number of carbonyl (C=O) groups is 2. The molecule has 0 N–H and O–H groups in total. The molecule has 1 amide bonds. The molecule has 0 radical (unpaired) electrons. The van der Waals surface area contributed by atoms with Crippen molar-refractivity contribution in [3.63, 3.8) is 0 Å². The Balaban J connectivity index is 1.87. The summed E-state index contributed by atoms with van der Waals surface area (Å²) in [5.41, 5.74) is 0.856. The van der Waals surface area contributed by atoms with Gasteiger partial charge in [-0.1, -0.05) is 51.1 Å². The molecule has 0 unspecified atom stereocenters. The third kappa shape index (κ3) is 3.55. The topological polar surface area (TPSA) is 55.8 Å². The summed E-state index contributed by atoms with van der Waals surface area (Å²) in [7, 11) is 1.63. The summed E-state index contributed by atoms with van der Waals surface area (Å²) in [5.74, 6) is 0.657. The zero-order chi connectivity index (χ0) is 22.6. The van der Waals surface area contributed by atoms with E-state index in [1.807, 2.05) is 61.2 Å². The number of hydrogen-bond acceptors (Lipinski definition) is 4. The van der Waals surface area contributed by atoms with E-state index in [0.29, 0.717) is 6.42 Å². The molecule has 5 heteroatoms. The fourth-order valence-corrected chi connectivity index (χ4v) is 5.02. The molecule has 0 bridgehead atoms. The van der Waals surface area contributed by atoms with Gasteiger partial charge in [-0.05, 0) is 48.6 Å². The van der Waals surface area contributed by atoms with E-state index in [0.717, 1.165) is 22.6 Å². The van der Waals surface area contributed by atoms with Crippen LogP contribution in [0.2, 0.25) is 0 Å². The first-order valence-electron chi connectivity index (χ1n) is 10.8. The van der Waals surface area contributed by atoms with Gasteiger partial charge in [0.1, 0.15) is 17.6 Å². The van der Waals surface area contributed by atoms with Crippen molar-refractivity contribution in [1.29, 1.82) is 0 Å². The molecule has 2 heterocycles. The number of rotatable bonds is 3. The fraction of sp³-hybridized carbons (Fsp3) is 0.462. The monoisotopic (exact) mass is 421 g/mol. The van der Waals surface area contributed by atoms with Gasteiger partial charge < -0.3 is 9.47 Å². The van der Waals surface area contributed by atoms with Gasteiger partial charge >= 0.3 is 0 Å². The van der Waals surface area contributed by atoms with Gasteiger partial charge in [0.2, 0.25) is 0 Å². The van der Waals surface area contributed by atoms with Crippen LogP contribution in [-0.4, -0.2) is 30.0 Å². The van der Waals surface area contributed by atoms with E-state index in [1.54, 1.807) is 7.11 Å². The maximum atomic E-state index is 13.8. The van der Waals surface area contributed by atoms with Crippen molar-refractivity contribution in [2.45, 2.75) is 70.1 Å². The van der Waals surface area contributed by atoms with Crippen molar-refractivity contribution in [3.05, 3.63) is 59.7 Å². The number of hydrogen-bond donors (Lipinski definition) is 0. The van der Waals surface area contributed by atoms with Crippen molar-refractivity contribution in [2.75, 3.05) is 12.0 Å². The molecule has 1 spiro atoms. The van der Waals surface area contributed by atoms with Crippen molar-refractivity contribution >= 4 is 17.4 Å². The number of para-hydroxylation sites is 1. The maximum absolute atomic E-state index is 13.8. The minimum Gasteiger partial charge on any atom is -0.497 e. The van der Waals surface area contributed by atoms with Crippen molar-refractivity contribution in [2.24, 2.45) is 0 Å². The molecule has 0 aromatic heterocycles. The summed E-state index contributed by atoms with van der Waals surface area (Å²) in [4.78, 5) is 28.3. The molecule has 2 aliphatic rings. The summed E-state index contributed by atoms with van der Waals surface area (Å²) in [6.07, 6.45) is 0.413. The van der Waals surface area contributed by atoms with Gasteiger partial charge in [-0.2, -0.15) is 0 Å². The van der Waals surface area contributed by atoms with E-state index in [1.165, 1.54) is 0 Å². The highest BCUT2D eigenvalue weighted by molar-refractivity contribution is 6.11. The number of ketones is 1. The average Bonchev–Trinajstić information content (AvgIpc) is 2.69. The number of carbonyl (C=O) groups excluding carboxylic acids is 2. The van der Waals surface area contributed by atoms with Gasteiger partial charge in [-0.3, -0.25) is 14.5 Å². The van der Waals surface area contributed by atoms with E-state index in [-0.39, 0.29) is 23.5 Å². The van der Waals surface area contributed by atoms with Gasteiger partial charge in [0.15, 0.2) is 5.60 Å². The zero-order valence-electron chi connectivity index (χ0n) is 19.2. The van der Waals surface area contributed by atoms with Crippen LogP contribution in [-0.2, 0) is 19.7 Å². The van der Waals surface area contributed by atoms with E-state index in [2.05, 4.69) is 26.8 Å². The molecule has 5 nitrogen and oxygen atoms in total. The van der Waals surface area contributed by atoms with Crippen LogP contribution in [0.5, 0.6) is 5.75 Å². The molecule has 0 saturated carbocycles. The molecule has 4 rings (SSSR count).